The van der Waals surface area contributed by atoms with E-state index in [0.29, 0.717) is 17.4 Å². The number of nitrogens with zero attached hydrogens (tertiary/aromatic N) is 3. The molecule has 0 radical (unpaired) electrons. The summed E-state index contributed by atoms with van der Waals surface area (Å²) < 4.78 is 10.2. The standard InChI is InChI=1S/C21H23N5O5S/c1-30-10-8-26(20(29)17-3-2-9-31-17)13-19(28)25-21-24-16(14-32-21)11-18(27)23-12-15-4-6-22-7-5-15/h2-7,9,14H,8,10-13H2,1H3,(H,23,27)(H,24,25,28). The Balaban J connectivity index is 1.50. The molecule has 3 aromatic heterocycles. The summed E-state index contributed by atoms with van der Waals surface area (Å²) in [5.41, 5.74) is 1.49. The Kier molecular flexibility index (Phi) is 8.46. The molecule has 0 atom stereocenters. The first-order valence-corrected chi connectivity index (χ1v) is 10.6. The monoisotopic (exact) mass is 457 g/mol. The second-order valence-electron chi connectivity index (χ2n) is 6.70. The van der Waals surface area contributed by atoms with Gasteiger partial charge in [0.2, 0.25) is 11.8 Å². The average molecular weight is 458 g/mol. The third kappa shape index (κ3) is 7.00. The van der Waals surface area contributed by atoms with Crippen molar-refractivity contribution in [2.45, 2.75) is 13.0 Å². The van der Waals surface area contributed by atoms with Crippen molar-refractivity contribution < 1.29 is 23.5 Å². The van der Waals surface area contributed by atoms with Gasteiger partial charge in [-0.3, -0.25) is 19.4 Å². The quantitative estimate of drug-likeness (QED) is 0.449. The molecule has 3 rings (SSSR count). The summed E-state index contributed by atoms with van der Waals surface area (Å²) >= 11 is 1.21. The van der Waals surface area contributed by atoms with E-state index in [2.05, 4.69) is 20.6 Å². The predicted octanol–water partition coefficient (Wildman–Crippen LogP) is 1.72. The number of carbonyl (C=O) groups excluding carboxylic acids is 3. The second-order valence-corrected chi connectivity index (χ2v) is 7.56. The molecular weight excluding hydrogens is 434 g/mol. The van der Waals surface area contributed by atoms with Crippen molar-refractivity contribution in [1.82, 2.24) is 20.2 Å². The number of rotatable bonds is 11. The van der Waals surface area contributed by atoms with E-state index in [1.165, 1.54) is 35.7 Å². The van der Waals surface area contributed by atoms with Crippen LogP contribution in [0.1, 0.15) is 21.8 Å². The van der Waals surface area contributed by atoms with Gasteiger partial charge >= 0.3 is 0 Å². The van der Waals surface area contributed by atoms with Crippen LogP contribution < -0.4 is 10.6 Å². The molecule has 10 nitrogen and oxygen atoms in total. The lowest BCUT2D eigenvalue weighted by molar-refractivity contribution is -0.120. The number of furan rings is 1. The van der Waals surface area contributed by atoms with Crippen LogP contribution in [0.15, 0.2) is 52.7 Å². The average Bonchev–Trinajstić information content (AvgIpc) is 3.48. The minimum absolute atomic E-state index is 0.0917. The first kappa shape index (κ1) is 23.1. The molecule has 0 aliphatic heterocycles. The molecule has 0 spiro atoms. The van der Waals surface area contributed by atoms with Crippen LogP contribution in [0, 0.1) is 0 Å². The maximum atomic E-state index is 12.5. The summed E-state index contributed by atoms with van der Waals surface area (Å²) in [6, 6.07) is 6.78. The third-order valence-electron chi connectivity index (χ3n) is 4.30. The van der Waals surface area contributed by atoms with Gasteiger partial charge in [0.05, 0.1) is 25.0 Å². The predicted molar refractivity (Wildman–Crippen MR) is 117 cm³/mol. The van der Waals surface area contributed by atoms with Crippen molar-refractivity contribution in [2.75, 3.05) is 32.1 Å². The number of methoxy groups -OCH3 is 1. The molecular formula is C21H23N5O5S. The summed E-state index contributed by atoms with van der Waals surface area (Å²) in [5.74, 6) is -0.861. The second kappa shape index (κ2) is 11.7. The maximum absolute atomic E-state index is 12.5. The fraction of sp³-hybridized carbons (Fsp3) is 0.286. The molecule has 32 heavy (non-hydrogen) atoms. The van der Waals surface area contributed by atoms with E-state index in [1.807, 2.05) is 12.1 Å². The van der Waals surface area contributed by atoms with Gasteiger partial charge in [-0.05, 0) is 29.8 Å². The van der Waals surface area contributed by atoms with Crippen LogP contribution >= 0.6 is 11.3 Å². The summed E-state index contributed by atoms with van der Waals surface area (Å²) in [6.45, 7) is 0.709. The van der Waals surface area contributed by atoms with Gasteiger partial charge in [-0.2, -0.15) is 0 Å². The third-order valence-corrected chi connectivity index (χ3v) is 5.10. The minimum Gasteiger partial charge on any atom is -0.459 e. The molecule has 0 bridgehead atoms. The van der Waals surface area contributed by atoms with E-state index in [4.69, 9.17) is 9.15 Å². The SMILES string of the molecule is COCCN(CC(=O)Nc1nc(CC(=O)NCc2ccncc2)cs1)C(=O)c1ccco1. The highest BCUT2D eigenvalue weighted by Crippen LogP contribution is 2.16. The van der Waals surface area contributed by atoms with Crippen LogP contribution in [0.4, 0.5) is 5.13 Å². The van der Waals surface area contributed by atoms with E-state index < -0.39 is 11.8 Å². The van der Waals surface area contributed by atoms with Gasteiger partial charge in [0, 0.05) is 38.0 Å². The number of thiazole rings is 1. The molecule has 2 N–H and O–H groups in total. The van der Waals surface area contributed by atoms with Crippen molar-refractivity contribution in [3.8, 4) is 0 Å². The van der Waals surface area contributed by atoms with Gasteiger partial charge in [-0.15, -0.1) is 11.3 Å². The first-order chi connectivity index (χ1) is 15.5. The Bertz CT molecular complexity index is 1020. The van der Waals surface area contributed by atoms with Crippen LogP contribution in [-0.2, 0) is 27.3 Å². The van der Waals surface area contributed by atoms with Crippen LogP contribution in [0.2, 0.25) is 0 Å². The Labute approximate surface area is 188 Å². The lowest BCUT2D eigenvalue weighted by atomic mass is 10.2. The Morgan fingerprint density at radius 2 is 2.00 bits per heavy atom. The number of nitrogens with one attached hydrogen (secondary N) is 2. The van der Waals surface area contributed by atoms with Crippen molar-refractivity contribution in [3.63, 3.8) is 0 Å². The highest BCUT2D eigenvalue weighted by molar-refractivity contribution is 7.13. The van der Waals surface area contributed by atoms with Gasteiger partial charge in [0.15, 0.2) is 10.9 Å². The van der Waals surface area contributed by atoms with Crippen LogP contribution in [0.5, 0.6) is 0 Å². The van der Waals surface area contributed by atoms with Gasteiger partial charge in [0.25, 0.3) is 5.91 Å². The van der Waals surface area contributed by atoms with Gasteiger partial charge in [-0.25, -0.2) is 4.98 Å². The van der Waals surface area contributed by atoms with E-state index in [0.717, 1.165) is 5.56 Å². The Hall–Kier alpha value is -3.57. The number of amides is 3. The number of pyridine rings is 1. The summed E-state index contributed by atoms with van der Waals surface area (Å²) in [7, 11) is 1.51. The van der Waals surface area contributed by atoms with Crippen LogP contribution in [0.25, 0.3) is 0 Å². The zero-order valence-electron chi connectivity index (χ0n) is 17.4. The summed E-state index contributed by atoms with van der Waals surface area (Å²) in [6.07, 6.45) is 4.81. The fourth-order valence-electron chi connectivity index (χ4n) is 2.72. The molecule has 0 fully saturated rings. The van der Waals surface area contributed by atoms with Crippen molar-refractivity contribution in [1.29, 1.82) is 0 Å². The molecule has 0 aliphatic rings. The lowest BCUT2D eigenvalue weighted by Gasteiger charge is -2.20. The van der Waals surface area contributed by atoms with Crippen molar-refractivity contribution in [3.05, 3.63) is 65.3 Å². The minimum atomic E-state index is -0.413. The summed E-state index contributed by atoms with van der Waals surface area (Å²) in [4.78, 5) is 46.7. The number of carbonyl (C=O) groups is 3. The number of aromatic nitrogens is 2. The molecule has 3 amide bonds. The molecule has 3 aromatic rings. The Morgan fingerprint density at radius 1 is 1.19 bits per heavy atom. The van der Waals surface area contributed by atoms with E-state index in [-0.39, 0.29) is 37.8 Å². The molecule has 11 heteroatoms. The highest BCUT2D eigenvalue weighted by atomic mass is 32.1. The number of ether oxygens (including phenoxy) is 1. The molecule has 0 unspecified atom stereocenters. The first-order valence-electron chi connectivity index (χ1n) is 9.76. The zero-order chi connectivity index (χ0) is 22.8. The van der Waals surface area contributed by atoms with Gasteiger partial charge in [0.1, 0.15) is 6.54 Å². The van der Waals surface area contributed by atoms with Gasteiger partial charge in [-0.1, -0.05) is 0 Å². The number of hydrogen-bond acceptors (Lipinski definition) is 8. The molecule has 0 aromatic carbocycles. The zero-order valence-corrected chi connectivity index (χ0v) is 18.3. The molecule has 0 saturated heterocycles. The van der Waals surface area contributed by atoms with Crippen LogP contribution in [0.3, 0.4) is 0 Å². The van der Waals surface area contributed by atoms with Crippen molar-refractivity contribution in [2.24, 2.45) is 0 Å². The molecule has 168 valence electrons. The maximum Gasteiger partial charge on any atom is 0.290 e. The van der Waals surface area contributed by atoms with E-state index in [9.17, 15) is 14.4 Å². The van der Waals surface area contributed by atoms with E-state index in [1.54, 1.807) is 23.8 Å². The largest absolute Gasteiger partial charge is 0.459 e. The topological polar surface area (TPSA) is 127 Å². The number of anilines is 1. The van der Waals surface area contributed by atoms with Crippen molar-refractivity contribution >= 4 is 34.2 Å². The normalized spacial score (nSPS) is 10.5. The molecule has 0 saturated carbocycles. The molecule has 3 heterocycles. The smallest absolute Gasteiger partial charge is 0.290 e. The van der Waals surface area contributed by atoms with E-state index >= 15 is 0 Å². The summed E-state index contributed by atoms with van der Waals surface area (Å²) in [5, 5.41) is 7.54. The van der Waals surface area contributed by atoms with Crippen LogP contribution in [-0.4, -0.2) is 59.4 Å². The fourth-order valence-corrected chi connectivity index (χ4v) is 3.44. The Morgan fingerprint density at radius 3 is 2.72 bits per heavy atom. The molecule has 0 aliphatic carbocycles. The van der Waals surface area contributed by atoms with Gasteiger partial charge < -0.3 is 24.7 Å². The lowest BCUT2D eigenvalue weighted by Crippen LogP contribution is -2.39. The number of hydrogen-bond donors (Lipinski definition) is 2. The highest BCUT2D eigenvalue weighted by Gasteiger charge is 2.21.